The van der Waals surface area contributed by atoms with Crippen LogP contribution in [0.15, 0.2) is 35.7 Å². The zero-order valence-electron chi connectivity index (χ0n) is 6.57. The lowest BCUT2D eigenvalue weighted by Crippen LogP contribution is -2.10. The molecule has 1 N–H and O–H groups in total. The third-order valence-electron chi connectivity index (χ3n) is 1.64. The molecule has 1 aliphatic rings. The highest BCUT2D eigenvalue weighted by Gasteiger charge is 2.02. The van der Waals surface area contributed by atoms with E-state index in [9.17, 15) is 0 Å². The van der Waals surface area contributed by atoms with E-state index < -0.39 is 0 Å². The number of hydrogen-bond acceptors (Lipinski definition) is 1. The Morgan fingerprint density at radius 3 is 2.80 bits per heavy atom. The predicted octanol–water partition coefficient (Wildman–Crippen LogP) is 2.34. The fourth-order valence-electron chi connectivity index (χ4n) is 1.01. The molecule has 0 aromatic heterocycles. The summed E-state index contributed by atoms with van der Waals surface area (Å²) in [4.78, 5) is 0. The third-order valence-corrected chi connectivity index (χ3v) is 1.64. The van der Waals surface area contributed by atoms with Crippen molar-refractivity contribution in [2.45, 2.75) is 20.3 Å². The summed E-state index contributed by atoms with van der Waals surface area (Å²) in [6.07, 6.45) is 5.19. The van der Waals surface area contributed by atoms with Crippen molar-refractivity contribution < 1.29 is 0 Å². The summed E-state index contributed by atoms with van der Waals surface area (Å²) in [7, 11) is 0. The Kier molecular flexibility index (Phi) is 1.95. The van der Waals surface area contributed by atoms with Gasteiger partial charge in [-0.2, -0.15) is 0 Å². The highest BCUT2D eigenvalue weighted by Crippen LogP contribution is 2.16. The molecule has 0 fully saturated rings. The van der Waals surface area contributed by atoms with Crippen molar-refractivity contribution in [1.29, 1.82) is 0 Å². The van der Waals surface area contributed by atoms with E-state index in [1.165, 1.54) is 11.1 Å². The molecule has 0 aromatic rings. The van der Waals surface area contributed by atoms with Crippen LogP contribution >= 0.6 is 0 Å². The van der Waals surface area contributed by atoms with Gasteiger partial charge >= 0.3 is 0 Å². The van der Waals surface area contributed by atoms with Gasteiger partial charge in [-0.05, 0) is 24.5 Å². The second-order valence-electron chi connectivity index (χ2n) is 2.53. The average Bonchev–Trinajstić information content (AvgIpc) is 1.94. The Bertz CT molecular complexity index is 209. The van der Waals surface area contributed by atoms with Crippen LogP contribution < -0.4 is 5.32 Å². The van der Waals surface area contributed by atoms with E-state index in [0.717, 1.165) is 12.1 Å². The molecule has 1 aliphatic heterocycles. The first-order chi connectivity index (χ1) is 4.74. The summed E-state index contributed by atoms with van der Waals surface area (Å²) in [6.45, 7) is 8.09. The van der Waals surface area contributed by atoms with Crippen LogP contribution in [0.5, 0.6) is 0 Å². The smallest absolute Gasteiger partial charge is 0.0339 e. The van der Waals surface area contributed by atoms with Crippen LogP contribution in [0.4, 0.5) is 0 Å². The van der Waals surface area contributed by atoms with Crippen LogP contribution in [-0.4, -0.2) is 0 Å². The minimum absolute atomic E-state index is 1.04. The molecule has 1 rings (SSSR count). The van der Waals surface area contributed by atoms with E-state index in [1.807, 2.05) is 6.20 Å². The van der Waals surface area contributed by atoms with Crippen molar-refractivity contribution in [1.82, 2.24) is 5.32 Å². The molecular weight excluding hydrogens is 122 g/mol. The standard InChI is InChI=1S/C9H13N/c1-4-9-5-7(2)6-10-8(9)3/h5-6,10H,3-4H2,1-2H3. The maximum absolute atomic E-state index is 3.88. The Balaban J connectivity index is 2.83. The molecule has 0 spiro atoms. The average molecular weight is 135 g/mol. The van der Waals surface area contributed by atoms with Gasteiger partial charge in [0.25, 0.3) is 0 Å². The molecule has 0 unspecified atom stereocenters. The summed E-state index contributed by atoms with van der Waals surface area (Å²) in [5.74, 6) is 0. The first-order valence-electron chi connectivity index (χ1n) is 3.57. The van der Waals surface area contributed by atoms with Crippen LogP contribution in [0.3, 0.4) is 0 Å². The third kappa shape index (κ3) is 1.29. The quantitative estimate of drug-likeness (QED) is 0.582. The van der Waals surface area contributed by atoms with E-state index in [2.05, 4.69) is 31.8 Å². The molecule has 0 saturated carbocycles. The fraction of sp³-hybridized carbons (Fsp3) is 0.333. The molecule has 0 radical (unpaired) electrons. The fourth-order valence-corrected chi connectivity index (χ4v) is 1.01. The second-order valence-corrected chi connectivity index (χ2v) is 2.53. The molecule has 1 nitrogen and oxygen atoms in total. The van der Waals surface area contributed by atoms with Crippen LogP contribution in [0.25, 0.3) is 0 Å². The Hall–Kier alpha value is -0.980. The van der Waals surface area contributed by atoms with E-state index in [-0.39, 0.29) is 0 Å². The van der Waals surface area contributed by atoms with Gasteiger partial charge < -0.3 is 5.32 Å². The normalized spacial score (nSPS) is 17.6. The first-order valence-corrected chi connectivity index (χ1v) is 3.57. The summed E-state index contributed by atoms with van der Waals surface area (Å²) in [5.41, 5.74) is 3.61. The van der Waals surface area contributed by atoms with Gasteiger partial charge in [-0.15, -0.1) is 0 Å². The number of nitrogens with one attached hydrogen (secondary N) is 1. The molecule has 0 amide bonds. The van der Waals surface area contributed by atoms with Crippen LogP contribution in [0, 0.1) is 0 Å². The molecule has 0 aromatic carbocycles. The minimum Gasteiger partial charge on any atom is -0.362 e. The Labute approximate surface area is 62.1 Å². The number of allylic oxidation sites excluding steroid dienone is 3. The lowest BCUT2D eigenvalue weighted by atomic mass is 10.1. The van der Waals surface area contributed by atoms with Crippen molar-refractivity contribution in [2.75, 3.05) is 0 Å². The predicted molar refractivity (Wildman–Crippen MR) is 44.4 cm³/mol. The van der Waals surface area contributed by atoms with E-state index in [4.69, 9.17) is 0 Å². The van der Waals surface area contributed by atoms with Crippen molar-refractivity contribution in [3.8, 4) is 0 Å². The monoisotopic (exact) mass is 135 g/mol. The molecule has 0 aliphatic carbocycles. The molecular formula is C9H13N. The topological polar surface area (TPSA) is 12.0 Å². The van der Waals surface area contributed by atoms with Crippen molar-refractivity contribution >= 4 is 0 Å². The lowest BCUT2D eigenvalue weighted by Gasteiger charge is -2.14. The van der Waals surface area contributed by atoms with E-state index in [0.29, 0.717) is 0 Å². The van der Waals surface area contributed by atoms with Gasteiger partial charge in [-0.25, -0.2) is 0 Å². The summed E-state index contributed by atoms with van der Waals surface area (Å²) >= 11 is 0. The van der Waals surface area contributed by atoms with Crippen molar-refractivity contribution in [3.63, 3.8) is 0 Å². The van der Waals surface area contributed by atoms with E-state index in [1.54, 1.807) is 0 Å². The molecule has 10 heavy (non-hydrogen) atoms. The van der Waals surface area contributed by atoms with E-state index >= 15 is 0 Å². The Morgan fingerprint density at radius 2 is 2.30 bits per heavy atom. The van der Waals surface area contributed by atoms with Gasteiger partial charge in [0.15, 0.2) is 0 Å². The molecule has 1 heterocycles. The van der Waals surface area contributed by atoms with Gasteiger partial charge in [-0.1, -0.05) is 19.6 Å². The van der Waals surface area contributed by atoms with Crippen LogP contribution in [-0.2, 0) is 0 Å². The van der Waals surface area contributed by atoms with Crippen LogP contribution in [0.2, 0.25) is 0 Å². The highest BCUT2D eigenvalue weighted by molar-refractivity contribution is 5.38. The summed E-state index contributed by atoms with van der Waals surface area (Å²) in [5, 5.41) is 3.11. The molecule has 0 saturated heterocycles. The zero-order chi connectivity index (χ0) is 7.56. The van der Waals surface area contributed by atoms with Gasteiger partial charge in [0.2, 0.25) is 0 Å². The molecule has 0 atom stereocenters. The maximum Gasteiger partial charge on any atom is 0.0339 e. The zero-order valence-corrected chi connectivity index (χ0v) is 6.57. The number of rotatable bonds is 1. The second kappa shape index (κ2) is 2.74. The van der Waals surface area contributed by atoms with Crippen LogP contribution in [0.1, 0.15) is 20.3 Å². The summed E-state index contributed by atoms with van der Waals surface area (Å²) < 4.78 is 0. The van der Waals surface area contributed by atoms with Gasteiger partial charge in [0.05, 0.1) is 0 Å². The first kappa shape index (κ1) is 7.13. The maximum atomic E-state index is 3.88. The van der Waals surface area contributed by atoms with Gasteiger partial charge in [0, 0.05) is 11.9 Å². The lowest BCUT2D eigenvalue weighted by molar-refractivity contribution is 0.971. The van der Waals surface area contributed by atoms with Crippen molar-refractivity contribution in [2.24, 2.45) is 0 Å². The minimum atomic E-state index is 1.04. The van der Waals surface area contributed by atoms with Gasteiger partial charge in [0.1, 0.15) is 0 Å². The number of hydrogen-bond donors (Lipinski definition) is 1. The summed E-state index contributed by atoms with van der Waals surface area (Å²) in [6, 6.07) is 0. The van der Waals surface area contributed by atoms with Crippen molar-refractivity contribution in [3.05, 3.63) is 35.7 Å². The molecule has 1 heteroatoms. The molecule has 0 bridgehead atoms. The number of dihydropyridines is 1. The Morgan fingerprint density at radius 1 is 1.60 bits per heavy atom. The molecule has 54 valence electrons. The SMILES string of the molecule is C=C1NC=C(C)C=C1CC. The van der Waals surface area contributed by atoms with Gasteiger partial charge in [-0.3, -0.25) is 0 Å². The highest BCUT2D eigenvalue weighted by atomic mass is 14.9. The largest absolute Gasteiger partial charge is 0.362 e.